The second-order valence-electron chi connectivity index (χ2n) is 4.05. The Balaban J connectivity index is 1.99. The summed E-state index contributed by atoms with van der Waals surface area (Å²) in [5.41, 5.74) is 6.05. The molecule has 18 heavy (non-hydrogen) atoms. The summed E-state index contributed by atoms with van der Waals surface area (Å²) in [6, 6.07) is 6.39. The summed E-state index contributed by atoms with van der Waals surface area (Å²) in [4.78, 5) is 4.19. The average molecular weight is 265 g/mol. The van der Waals surface area contributed by atoms with Gasteiger partial charge in [0.15, 0.2) is 9.84 Å². The number of anilines is 1. The molecule has 0 radical (unpaired) electrons. The van der Waals surface area contributed by atoms with Gasteiger partial charge in [-0.05, 0) is 24.6 Å². The molecule has 0 amide bonds. The summed E-state index contributed by atoms with van der Waals surface area (Å²) in [5.74, 6) is 0.106. The lowest BCUT2D eigenvalue weighted by molar-refractivity contribution is 0.586. The molecule has 2 aromatic rings. The molecular weight excluding hydrogens is 250 g/mol. The van der Waals surface area contributed by atoms with Crippen LogP contribution in [0.5, 0.6) is 0 Å². The zero-order chi connectivity index (χ0) is 13.0. The smallest absolute Gasteiger partial charge is 0.178 e. The number of aromatic nitrogens is 2. The molecule has 2 N–H and O–H groups in total. The fourth-order valence-corrected chi connectivity index (χ4v) is 3.03. The number of sulfone groups is 1. The molecular formula is C12H15N3O2S. The molecule has 0 aliphatic carbocycles. The Morgan fingerprint density at radius 1 is 1.33 bits per heavy atom. The van der Waals surface area contributed by atoms with Crippen LogP contribution >= 0.6 is 0 Å². The molecule has 0 saturated carbocycles. The molecule has 96 valence electrons. The predicted molar refractivity (Wildman–Crippen MR) is 69.8 cm³/mol. The number of aryl methyl sites for hydroxylation is 1. The number of nitrogens with two attached hydrogens (primary N) is 1. The quantitative estimate of drug-likeness (QED) is 0.827. The number of hydrogen-bond donors (Lipinski definition) is 1. The lowest BCUT2D eigenvalue weighted by atomic mass is 10.3. The van der Waals surface area contributed by atoms with Gasteiger partial charge < -0.3 is 10.3 Å². The number of hydrogen-bond acceptors (Lipinski definition) is 4. The van der Waals surface area contributed by atoms with E-state index < -0.39 is 9.84 Å². The third kappa shape index (κ3) is 3.10. The molecule has 1 aromatic heterocycles. The minimum Gasteiger partial charge on any atom is -0.399 e. The molecule has 0 unspecified atom stereocenters. The van der Waals surface area contributed by atoms with Gasteiger partial charge in [0, 0.05) is 24.6 Å². The third-order valence-electron chi connectivity index (χ3n) is 2.61. The van der Waals surface area contributed by atoms with E-state index in [1.807, 2.05) is 10.8 Å². The minimum absolute atomic E-state index is 0.106. The van der Waals surface area contributed by atoms with Crippen molar-refractivity contribution in [3.63, 3.8) is 0 Å². The number of nitrogens with zero attached hydrogens (tertiary/aromatic N) is 2. The Morgan fingerprint density at radius 2 is 2.17 bits per heavy atom. The molecule has 0 aliphatic heterocycles. The van der Waals surface area contributed by atoms with E-state index in [4.69, 9.17) is 5.73 Å². The van der Waals surface area contributed by atoms with Crippen molar-refractivity contribution in [1.29, 1.82) is 0 Å². The van der Waals surface area contributed by atoms with Crippen molar-refractivity contribution < 1.29 is 8.42 Å². The summed E-state index contributed by atoms with van der Waals surface area (Å²) in [6.07, 6.45) is 5.71. The van der Waals surface area contributed by atoms with Gasteiger partial charge in [0.1, 0.15) is 0 Å². The maximum atomic E-state index is 12.0. The predicted octanol–water partition coefficient (Wildman–Crippen LogP) is 1.33. The van der Waals surface area contributed by atoms with Crippen molar-refractivity contribution in [2.24, 2.45) is 0 Å². The topological polar surface area (TPSA) is 78.0 Å². The van der Waals surface area contributed by atoms with Crippen LogP contribution in [-0.2, 0) is 16.4 Å². The minimum atomic E-state index is -3.25. The number of imidazole rings is 1. The normalized spacial score (nSPS) is 11.6. The Hall–Kier alpha value is -1.82. The summed E-state index contributed by atoms with van der Waals surface area (Å²) < 4.78 is 25.9. The van der Waals surface area contributed by atoms with E-state index in [0.717, 1.165) is 0 Å². The zero-order valence-electron chi connectivity index (χ0n) is 9.86. The van der Waals surface area contributed by atoms with Crippen LogP contribution in [0.15, 0.2) is 47.9 Å². The average Bonchev–Trinajstić information content (AvgIpc) is 2.82. The molecule has 0 aliphatic rings. The summed E-state index contributed by atoms with van der Waals surface area (Å²) in [6.45, 7) is 0.640. The first-order valence-electron chi connectivity index (χ1n) is 5.62. The largest absolute Gasteiger partial charge is 0.399 e. The second kappa shape index (κ2) is 5.22. The zero-order valence-corrected chi connectivity index (χ0v) is 10.7. The molecule has 1 heterocycles. The van der Waals surface area contributed by atoms with E-state index in [-0.39, 0.29) is 10.6 Å². The highest BCUT2D eigenvalue weighted by atomic mass is 32.2. The molecule has 5 nitrogen and oxygen atoms in total. The van der Waals surface area contributed by atoms with Crippen molar-refractivity contribution in [3.05, 3.63) is 43.0 Å². The van der Waals surface area contributed by atoms with Crippen LogP contribution in [0.4, 0.5) is 5.69 Å². The molecule has 1 aromatic carbocycles. The van der Waals surface area contributed by atoms with Gasteiger partial charge in [-0.15, -0.1) is 0 Å². The summed E-state index contributed by atoms with van der Waals surface area (Å²) >= 11 is 0. The van der Waals surface area contributed by atoms with E-state index in [1.165, 1.54) is 6.07 Å². The number of benzene rings is 1. The van der Waals surface area contributed by atoms with Gasteiger partial charge in [0.25, 0.3) is 0 Å². The van der Waals surface area contributed by atoms with E-state index in [2.05, 4.69) is 4.98 Å². The second-order valence-corrected chi connectivity index (χ2v) is 6.15. The molecule has 2 rings (SSSR count). The van der Waals surface area contributed by atoms with E-state index in [1.54, 1.807) is 30.7 Å². The van der Waals surface area contributed by atoms with Crippen LogP contribution in [0.2, 0.25) is 0 Å². The number of rotatable bonds is 5. The van der Waals surface area contributed by atoms with Gasteiger partial charge in [-0.2, -0.15) is 0 Å². The first-order valence-corrected chi connectivity index (χ1v) is 7.27. The van der Waals surface area contributed by atoms with E-state index in [0.29, 0.717) is 18.7 Å². The van der Waals surface area contributed by atoms with E-state index >= 15 is 0 Å². The van der Waals surface area contributed by atoms with Crippen LogP contribution in [0.3, 0.4) is 0 Å². The highest BCUT2D eigenvalue weighted by molar-refractivity contribution is 7.91. The van der Waals surface area contributed by atoms with Gasteiger partial charge in [-0.3, -0.25) is 0 Å². The standard InChI is InChI=1S/C12H15N3O2S/c13-11-3-1-4-12(9-11)18(16,17)8-2-6-15-7-5-14-10-15/h1,3-5,7,9-10H,2,6,8,13H2. The van der Waals surface area contributed by atoms with Crippen LogP contribution < -0.4 is 5.73 Å². The lowest BCUT2D eigenvalue weighted by Crippen LogP contribution is -2.09. The van der Waals surface area contributed by atoms with Crippen molar-refractivity contribution in [3.8, 4) is 0 Å². The fourth-order valence-electron chi connectivity index (χ4n) is 1.68. The third-order valence-corrected chi connectivity index (χ3v) is 4.40. The van der Waals surface area contributed by atoms with Gasteiger partial charge in [-0.25, -0.2) is 13.4 Å². The van der Waals surface area contributed by atoms with Crippen molar-refractivity contribution in [2.45, 2.75) is 17.9 Å². The Bertz CT molecular complexity index is 606. The molecule has 0 spiro atoms. The van der Waals surface area contributed by atoms with E-state index in [9.17, 15) is 8.42 Å². The van der Waals surface area contributed by atoms with Crippen LogP contribution in [0.1, 0.15) is 6.42 Å². The highest BCUT2D eigenvalue weighted by Gasteiger charge is 2.13. The van der Waals surface area contributed by atoms with Crippen LogP contribution in [0.25, 0.3) is 0 Å². The Kier molecular flexibility index (Phi) is 3.66. The van der Waals surface area contributed by atoms with Crippen molar-refractivity contribution in [1.82, 2.24) is 9.55 Å². The van der Waals surface area contributed by atoms with Crippen molar-refractivity contribution >= 4 is 15.5 Å². The maximum Gasteiger partial charge on any atom is 0.178 e. The van der Waals surface area contributed by atoms with Gasteiger partial charge in [0.05, 0.1) is 17.0 Å². The SMILES string of the molecule is Nc1cccc(S(=O)(=O)CCCn2ccnc2)c1. The molecule has 6 heteroatoms. The summed E-state index contributed by atoms with van der Waals surface area (Å²) in [5, 5.41) is 0. The number of nitrogen functional groups attached to an aromatic ring is 1. The van der Waals surface area contributed by atoms with Crippen LogP contribution in [0, 0.1) is 0 Å². The molecule has 0 fully saturated rings. The first kappa shape index (κ1) is 12.6. The van der Waals surface area contributed by atoms with Gasteiger partial charge >= 0.3 is 0 Å². The monoisotopic (exact) mass is 265 g/mol. The molecule has 0 atom stereocenters. The van der Waals surface area contributed by atoms with Gasteiger partial charge in [-0.1, -0.05) is 6.07 Å². The first-order chi connectivity index (χ1) is 8.58. The molecule has 0 saturated heterocycles. The Labute approximate surface area is 106 Å². The van der Waals surface area contributed by atoms with Gasteiger partial charge in [0.2, 0.25) is 0 Å². The maximum absolute atomic E-state index is 12.0. The van der Waals surface area contributed by atoms with Crippen LogP contribution in [-0.4, -0.2) is 23.7 Å². The highest BCUT2D eigenvalue weighted by Crippen LogP contribution is 2.15. The van der Waals surface area contributed by atoms with Crippen molar-refractivity contribution in [2.75, 3.05) is 11.5 Å². The Morgan fingerprint density at radius 3 is 2.83 bits per heavy atom. The lowest BCUT2D eigenvalue weighted by Gasteiger charge is -2.05. The summed E-state index contributed by atoms with van der Waals surface area (Å²) in [7, 11) is -3.25. The fraction of sp³-hybridized carbons (Fsp3) is 0.250. The molecule has 0 bridgehead atoms.